The molecule has 0 atom stereocenters. The van der Waals surface area contributed by atoms with Crippen LogP contribution in [0, 0.1) is 0 Å². The third-order valence-corrected chi connectivity index (χ3v) is 3.66. The first-order chi connectivity index (χ1) is 9.99. The zero-order valence-corrected chi connectivity index (χ0v) is 12.7. The van der Waals surface area contributed by atoms with Crippen molar-refractivity contribution in [2.75, 3.05) is 0 Å². The number of carbonyl (C=O) groups is 1. The number of aromatic carboxylic acids is 1. The normalized spacial score (nSPS) is 10.6. The van der Waals surface area contributed by atoms with E-state index in [0.717, 1.165) is 18.2 Å². The number of nitrogens with zero attached hydrogens (tertiary/aromatic N) is 2. The van der Waals surface area contributed by atoms with Crippen LogP contribution in [0.3, 0.4) is 0 Å². The molecule has 0 spiro atoms. The maximum Gasteiger partial charge on any atom is 0.337 e. The van der Waals surface area contributed by atoms with Gasteiger partial charge in [0.1, 0.15) is 5.03 Å². The predicted octanol–water partition coefficient (Wildman–Crippen LogP) is 2.62. The molecule has 2 aromatic rings. The molecule has 0 radical (unpaired) electrons. The Morgan fingerprint density at radius 3 is 2.90 bits per heavy atom. The highest BCUT2D eigenvalue weighted by Gasteiger charge is 2.12. The lowest BCUT2D eigenvalue weighted by molar-refractivity contribution is 0.0696. The number of rotatable bonds is 5. The number of pyridine rings is 1. The van der Waals surface area contributed by atoms with E-state index in [2.05, 4.69) is 15.0 Å². The molecule has 0 saturated carbocycles. The molecule has 0 unspecified atom stereocenters. The number of aryl methyl sites for hydroxylation is 1. The smallest absolute Gasteiger partial charge is 0.337 e. The van der Waals surface area contributed by atoms with Crippen molar-refractivity contribution in [1.82, 2.24) is 15.0 Å². The summed E-state index contributed by atoms with van der Waals surface area (Å²) in [6.45, 7) is 2.00. The lowest BCUT2D eigenvalue weighted by Crippen LogP contribution is -2.10. The van der Waals surface area contributed by atoms with E-state index in [1.807, 2.05) is 6.92 Å². The highest BCUT2D eigenvalue weighted by molar-refractivity contribution is 7.99. The second kappa shape index (κ2) is 6.73. The molecule has 2 aromatic heterocycles. The number of H-pyrrole nitrogens is 1. The predicted molar refractivity (Wildman–Crippen MR) is 79.2 cm³/mol. The van der Waals surface area contributed by atoms with Gasteiger partial charge in [0.25, 0.3) is 5.56 Å². The second-order valence-electron chi connectivity index (χ2n) is 4.20. The van der Waals surface area contributed by atoms with E-state index < -0.39 is 5.97 Å². The van der Waals surface area contributed by atoms with Gasteiger partial charge in [-0.1, -0.05) is 24.9 Å². The van der Waals surface area contributed by atoms with Gasteiger partial charge in [-0.2, -0.15) is 0 Å². The molecule has 0 saturated heterocycles. The standard InChI is InChI=1S/C13H12ClN3O3S/c1-2-3-7-4-10(18)17-13(16-7)21-11-5-8(12(19)20)9(14)6-15-11/h4-6H,2-3H2,1H3,(H,19,20)(H,16,17,18). The molecular formula is C13H12ClN3O3S. The lowest BCUT2D eigenvalue weighted by Gasteiger charge is -2.04. The summed E-state index contributed by atoms with van der Waals surface area (Å²) >= 11 is 6.84. The molecule has 0 fully saturated rings. The van der Waals surface area contributed by atoms with Crippen LogP contribution in [0.5, 0.6) is 0 Å². The van der Waals surface area contributed by atoms with Crippen LogP contribution in [0.2, 0.25) is 5.02 Å². The Morgan fingerprint density at radius 1 is 1.48 bits per heavy atom. The van der Waals surface area contributed by atoms with Crippen LogP contribution >= 0.6 is 23.4 Å². The molecular weight excluding hydrogens is 314 g/mol. The van der Waals surface area contributed by atoms with Crippen LogP contribution in [-0.2, 0) is 6.42 Å². The van der Waals surface area contributed by atoms with Gasteiger partial charge in [-0.05, 0) is 24.2 Å². The third kappa shape index (κ3) is 4.05. The van der Waals surface area contributed by atoms with Crippen LogP contribution in [0.4, 0.5) is 0 Å². The quantitative estimate of drug-likeness (QED) is 0.820. The molecule has 6 nitrogen and oxygen atoms in total. The monoisotopic (exact) mass is 325 g/mol. The zero-order chi connectivity index (χ0) is 15.4. The summed E-state index contributed by atoms with van der Waals surface area (Å²) < 4.78 is 0. The highest BCUT2D eigenvalue weighted by atomic mass is 35.5. The summed E-state index contributed by atoms with van der Waals surface area (Å²) in [6.07, 6.45) is 2.84. The van der Waals surface area contributed by atoms with Gasteiger partial charge in [0, 0.05) is 18.0 Å². The van der Waals surface area contributed by atoms with Gasteiger partial charge in [-0.3, -0.25) is 4.79 Å². The summed E-state index contributed by atoms with van der Waals surface area (Å²) in [5.41, 5.74) is 0.403. The maximum absolute atomic E-state index is 11.6. The molecule has 8 heteroatoms. The molecule has 2 heterocycles. The SMILES string of the molecule is CCCc1cc(=O)[nH]c(Sc2cc(C(=O)O)c(Cl)cn2)n1. The molecule has 21 heavy (non-hydrogen) atoms. The molecule has 0 aliphatic rings. The fraction of sp³-hybridized carbons (Fsp3) is 0.231. The number of hydrogen-bond acceptors (Lipinski definition) is 5. The van der Waals surface area contributed by atoms with Gasteiger partial charge in [-0.25, -0.2) is 14.8 Å². The first-order valence-corrected chi connectivity index (χ1v) is 7.36. The van der Waals surface area contributed by atoms with Gasteiger partial charge in [-0.15, -0.1) is 0 Å². The Kier molecular flexibility index (Phi) is 4.98. The number of nitrogens with one attached hydrogen (secondary N) is 1. The topological polar surface area (TPSA) is 95.9 Å². The van der Waals surface area contributed by atoms with E-state index in [0.29, 0.717) is 22.3 Å². The molecule has 0 amide bonds. The Bertz CT molecular complexity index is 733. The van der Waals surface area contributed by atoms with Crippen molar-refractivity contribution in [2.45, 2.75) is 29.9 Å². The molecule has 0 aromatic carbocycles. The van der Waals surface area contributed by atoms with Crippen LogP contribution in [0.25, 0.3) is 0 Å². The van der Waals surface area contributed by atoms with E-state index >= 15 is 0 Å². The number of carboxylic acid groups (broad SMARTS) is 1. The summed E-state index contributed by atoms with van der Waals surface area (Å²) in [7, 11) is 0. The van der Waals surface area contributed by atoms with Crippen molar-refractivity contribution in [3.05, 3.63) is 45.0 Å². The van der Waals surface area contributed by atoms with E-state index in [4.69, 9.17) is 16.7 Å². The number of hydrogen-bond donors (Lipinski definition) is 2. The lowest BCUT2D eigenvalue weighted by atomic mass is 10.2. The van der Waals surface area contributed by atoms with Gasteiger partial charge >= 0.3 is 5.97 Å². The minimum absolute atomic E-state index is 0.0405. The first kappa shape index (κ1) is 15.5. The zero-order valence-electron chi connectivity index (χ0n) is 11.1. The van der Waals surface area contributed by atoms with Crippen molar-refractivity contribution < 1.29 is 9.90 Å². The van der Waals surface area contributed by atoms with Gasteiger partial charge < -0.3 is 10.1 Å². The van der Waals surface area contributed by atoms with Crippen molar-refractivity contribution in [1.29, 1.82) is 0 Å². The molecule has 110 valence electrons. The van der Waals surface area contributed by atoms with Crippen LogP contribution in [0.15, 0.2) is 33.3 Å². The van der Waals surface area contributed by atoms with Crippen molar-refractivity contribution in [3.8, 4) is 0 Å². The van der Waals surface area contributed by atoms with Crippen molar-refractivity contribution in [2.24, 2.45) is 0 Å². The number of aromatic amines is 1. The Morgan fingerprint density at radius 2 is 2.24 bits per heavy atom. The second-order valence-corrected chi connectivity index (χ2v) is 5.62. The minimum Gasteiger partial charge on any atom is -0.478 e. The van der Waals surface area contributed by atoms with Crippen LogP contribution in [-0.4, -0.2) is 26.0 Å². The Labute approximate surface area is 129 Å². The van der Waals surface area contributed by atoms with Crippen molar-refractivity contribution in [3.63, 3.8) is 0 Å². The van der Waals surface area contributed by atoms with Gasteiger partial charge in [0.15, 0.2) is 5.16 Å². The Hall–Kier alpha value is -1.86. The molecule has 2 rings (SSSR count). The average molecular weight is 326 g/mol. The number of carboxylic acids is 1. The summed E-state index contributed by atoms with van der Waals surface area (Å²) in [5.74, 6) is -1.13. The fourth-order valence-corrected chi connectivity index (χ4v) is 2.63. The largest absolute Gasteiger partial charge is 0.478 e. The summed E-state index contributed by atoms with van der Waals surface area (Å²) in [5, 5.41) is 9.85. The van der Waals surface area contributed by atoms with Gasteiger partial charge in [0.2, 0.25) is 0 Å². The van der Waals surface area contributed by atoms with Crippen LogP contribution < -0.4 is 5.56 Å². The first-order valence-electron chi connectivity index (χ1n) is 6.16. The van der Waals surface area contributed by atoms with Crippen LogP contribution in [0.1, 0.15) is 29.4 Å². The average Bonchev–Trinajstić information content (AvgIpc) is 2.40. The molecule has 0 bridgehead atoms. The number of aromatic nitrogens is 3. The number of halogens is 1. The highest BCUT2D eigenvalue weighted by Crippen LogP contribution is 2.25. The third-order valence-electron chi connectivity index (χ3n) is 2.54. The van der Waals surface area contributed by atoms with E-state index in [1.54, 1.807) is 0 Å². The summed E-state index contributed by atoms with van der Waals surface area (Å²) in [6, 6.07) is 2.80. The fourth-order valence-electron chi connectivity index (χ4n) is 1.65. The maximum atomic E-state index is 11.6. The van der Waals surface area contributed by atoms with E-state index in [-0.39, 0.29) is 16.1 Å². The van der Waals surface area contributed by atoms with E-state index in [9.17, 15) is 9.59 Å². The Balaban J connectivity index is 2.32. The summed E-state index contributed by atoms with van der Waals surface area (Å²) in [4.78, 5) is 33.5. The van der Waals surface area contributed by atoms with Crippen molar-refractivity contribution >= 4 is 29.3 Å². The molecule has 0 aliphatic heterocycles. The molecule has 2 N–H and O–H groups in total. The molecule has 0 aliphatic carbocycles. The minimum atomic E-state index is -1.13. The van der Waals surface area contributed by atoms with Gasteiger partial charge in [0.05, 0.1) is 10.6 Å². The van der Waals surface area contributed by atoms with E-state index in [1.165, 1.54) is 18.3 Å².